The Bertz CT molecular complexity index is 431. The third-order valence-electron chi connectivity index (χ3n) is 2.74. The van der Waals surface area contributed by atoms with E-state index in [4.69, 9.17) is 9.47 Å². The van der Waals surface area contributed by atoms with Crippen molar-refractivity contribution in [2.24, 2.45) is 0 Å². The maximum absolute atomic E-state index is 5.48. The fourth-order valence-electron chi connectivity index (χ4n) is 1.82. The Morgan fingerprint density at radius 1 is 1.00 bits per heavy atom. The lowest BCUT2D eigenvalue weighted by Crippen LogP contribution is -2.12. The summed E-state index contributed by atoms with van der Waals surface area (Å²) in [6, 6.07) is 13.8. The smallest absolute Gasteiger partial charge is 0.227 e. The van der Waals surface area contributed by atoms with E-state index in [2.05, 4.69) is 11.1 Å². The molecule has 0 aliphatic carbocycles. The number of fused-ring (bicyclic) bond motifs is 2. The van der Waals surface area contributed by atoms with Gasteiger partial charge in [-0.05, 0) is 23.8 Å². The molecule has 86 valence electrons. The molecule has 1 aromatic carbocycles. The minimum absolute atomic E-state index is 0.0601. The van der Waals surface area contributed by atoms with Gasteiger partial charge in [0.15, 0.2) is 0 Å². The summed E-state index contributed by atoms with van der Waals surface area (Å²) in [6.07, 6.45) is 4.91. The highest BCUT2D eigenvalue weighted by molar-refractivity contribution is 5.36. The third kappa shape index (κ3) is 2.45. The van der Waals surface area contributed by atoms with Crippen molar-refractivity contribution in [1.82, 2.24) is 4.98 Å². The minimum Gasteiger partial charge on any atom is -0.462 e. The summed E-state index contributed by atoms with van der Waals surface area (Å²) >= 11 is 0. The van der Waals surface area contributed by atoms with Gasteiger partial charge in [0.1, 0.15) is 11.9 Å². The highest BCUT2D eigenvalue weighted by Crippen LogP contribution is 2.37. The van der Waals surface area contributed by atoms with E-state index < -0.39 is 0 Å². The van der Waals surface area contributed by atoms with Crippen LogP contribution in [0.15, 0.2) is 54.9 Å². The van der Waals surface area contributed by atoms with Crippen LogP contribution in [-0.2, 0) is 11.2 Å². The summed E-state index contributed by atoms with van der Waals surface area (Å²) in [5.74, 6) is 0.992. The second-order valence-electron chi connectivity index (χ2n) is 4.00. The van der Waals surface area contributed by atoms with Gasteiger partial charge in [0, 0.05) is 18.8 Å². The molecule has 2 unspecified atom stereocenters. The standard InChI is InChI=1S/C9H8O2.C5H5N/c1-2-4-7-6(3-1)5-8-9(10-7)11-8;1-2-4-6-5-3-1/h1-4,8-9H,5H2;1-5H. The largest absolute Gasteiger partial charge is 0.462 e. The van der Waals surface area contributed by atoms with Crippen LogP contribution >= 0.6 is 0 Å². The molecule has 0 bridgehead atoms. The molecule has 2 atom stereocenters. The lowest BCUT2D eigenvalue weighted by molar-refractivity contribution is 0.179. The van der Waals surface area contributed by atoms with Crippen molar-refractivity contribution >= 4 is 0 Å². The molecule has 3 heterocycles. The Labute approximate surface area is 100 Å². The maximum atomic E-state index is 5.48. The average molecular weight is 227 g/mol. The van der Waals surface area contributed by atoms with Gasteiger partial charge < -0.3 is 9.47 Å². The monoisotopic (exact) mass is 227 g/mol. The number of rotatable bonds is 0. The zero-order valence-electron chi connectivity index (χ0n) is 9.32. The molecule has 0 saturated carbocycles. The number of benzene rings is 1. The molecule has 3 nitrogen and oxygen atoms in total. The fourth-order valence-corrected chi connectivity index (χ4v) is 1.82. The van der Waals surface area contributed by atoms with Gasteiger partial charge in [0.2, 0.25) is 6.29 Å². The molecule has 0 N–H and O–H groups in total. The number of hydrogen-bond donors (Lipinski definition) is 0. The summed E-state index contributed by atoms with van der Waals surface area (Å²) in [7, 11) is 0. The molecule has 0 radical (unpaired) electrons. The van der Waals surface area contributed by atoms with Crippen LogP contribution in [0.25, 0.3) is 0 Å². The molecule has 17 heavy (non-hydrogen) atoms. The summed E-state index contributed by atoms with van der Waals surface area (Å²) in [4.78, 5) is 3.78. The first-order chi connectivity index (χ1) is 8.43. The SMILES string of the molecule is c1ccc2c(c1)CC1OC1O2.c1ccncc1. The van der Waals surface area contributed by atoms with Crippen LogP contribution < -0.4 is 4.74 Å². The van der Waals surface area contributed by atoms with Crippen LogP contribution in [0.2, 0.25) is 0 Å². The van der Waals surface area contributed by atoms with Gasteiger partial charge in [-0.15, -0.1) is 0 Å². The van der Waals surface area contributed by atoms with E-state index in [1.54, 1.807) is 12.4 Å². The predicted octanol–water partition coefficient (Wildman–Crippen LogP) is 2.43. The second-order valence-corrected chi connectivity index (χ2v) is 4.00. The Morgan fingerprint density at radius 2 is 1.82 bits per heavy atom. The normalized spacial score (nSPS) is 23.3. The Kier molecular flexibility index (Phi) is 2.76. The maximum Gasteiger partial charge on any atom is 0.227 e. The van der Waals surface area contributed by atoms with Crippen molar-refractivity contribution < 1.29 is 9.47 Å². The van der Waals surface area contributed by atoms with Crippen LogP contribution in [0.4, 0.5) is 0 Å². The second kappa shape index (κ2) is 4.55. The van der Waals surface area contributed by atoms with Gasteiger partial charge in [0.05, 0.1) is 0 Å². The summed E-state index contributed by atoms with van der Waals surface area (Å²) in [6.45, 7) is 0. The van der Waals surface area contributed by atoms with E-state index in [1.165, 1.54) is 5.56 Å². The lowest BCUT2D eigenvalue weighted by atomic mass is 10.1. The zero-order valence-corrected chi connectivity index (χ0v) is 9.32. The summed E-state index contributed by atoms with van der Waals surface area (Å²) in [5.41, 5.74) is 1.27. The topological polar surface area (TPSA) is 34.6 Å². The number of epoxide rings is 1. The van der Waals surface area contributed by atoms with Gasteiger partial charge in [0.25, 0.3) is 0 Å². The van der Waals surface area contributed by atoms with Gasteiger partial charge in [-0.25, -0.2) is 0 Å². The quantitative estimate of drug-likeness (QED) is 0.648. The first-order valence-electron chi connectivity index (χ1n) is 5.68. The molecular formula is C14H13NO2. The molecule has 1 aromatic heterocycles. The fraction of sp³-hybridized carbons (Fsp3) is 0.214. The van der Waals surface area contributed by atoms with Gasteiger partial charge in [-0.3, -0.25) is 4.98 Å². The lowest BCUT2D eigenvalue weighted by Gasteiger charge is -2.11. The summed E-state index contributed by atoms with van der Waals surface area (Å²) in [5, 5.41) is 0. The number of ether oxygens (including phenoxy) is 2. The average Bonchev–Trinajstić information content (AvgIpc) is 3.16. The van der Waals surface area contributed by atoms with E-state index in [1.807, 2.05) is 36.4 Å². The van der Waals surface area contributed by atoms with Crippen molar-refractivity contribution in [2.75, 3.05) is 0 Å². The van der Waals surface area contributed by atoms with Crippen LogP contribution in [0.5, 0.6) is 5.75 Å². The highest BCUT2D eigenvalue weighted by atomic mass is 16.8. The molecule has 0 amide bonds. The van der Waals surface area contributed by atoms with Gasteiger partial charge in [-0.2, -0.15) is 0 Å². The van der Waals surface area contributed by atoms with Crippen molar-refractivity contribution in [3.8, 4) is 5.75 Å². The molecule has 2 aliphatic heterocycles. The number of nitrogens with zero attached hydrogens (tertiary/aromatic N) is 1. The highest BCUT2D eigenvalue weighted by Gasteiger charge is 2.45. The van der Waals surface area contributed by atoms with Crippen LogP contribution in [0, 0.1) is 0 Å². The number of hydrogen-bond acceptors (Lipinski definition) is 3. The predicted molar refractivity (Wildman–Crippen MR) is 63.7 cm³/mol. The number of aromatic nitrogens is 1. The molecule has 3 heteroatoms. The Balaban J connectivity index is 0.000000129. The number of pyridine rings is 1. The van der Waals surface area contributed by atoms with Crippen molar-refractivity contribution in [1.29, 1.82) is 0 Å². The van der Waals surface area contributed by atoms with E-state index in [9.17, 15) is 0 Å². The zero-order chi connectivity index (χ0) is 11.5. The number of para-hydroxylation sites is 1. The molecular weight excluding hydrogens is 214 g/mol. The van der Waals surface area contributed by atoms with E-state index >= 15 is 0 Å². The van der Waals surface area contributed by atoms with Crippen molar-refractivity contribution in [2.45, 2.75) is 18.8 Å². The first kappa shape index (κ1) is 10.3. The van der Waals surface area contributed by atoms with Crippen LogP contribution in [0.1, 0.15) is 5.56 Å². The molecule has 2 aliphatic rings. The van der Waals surface area contributed by atoms with E-state index in [-0.39, 0.29) is 6.29 Å². The van der Waals surface area contributed by atoms with E-state index in [0.717, 1.165) is 12.2 Å². The van der Waals surface area contributed by atoms with Crippen molar-refractivity contribution in [3.05, 3.63) is 60.4 Å². The molecule has 2 aromatic rings. The Morgan fingerprint density at radius 3 is 2.53 bits per heavy atom. The third-order valence-corrected chi connectivity index (χ3v) is 2.74. The first-order valence-corrected chi connectivity index (χ1v) is 5.68. The molecule has 0 spiro atoms. The minimum atomic E-state index is 0.0601. The van der Waals surface area contributed by atoms with Gasteiger partial charge >= 0.3 is 0 Å². The van der Waals surface area contributed by atoms with Crippen LogP contribution in [-0.4, -0.2) is 17.4 Å². The Hall–Kier alpha value is -1.87. The molecule has 4 rings (SSSR count). The van der Waals surface area contributed by atoms with Crippen LogP contribution in [0.3, 0.4) is 0 Å². The molecule has 1 saturated heterocycles. The van der Waals surface area contributed by atoms with Gasteiger partial charge in [-0.1, -0.05) is 24.3 Å². The summed E-state index contributed by atoms with van der Waals surface area (Å²) < 4.78 is 10.7. The van der Waals surface area contributed by atoms with E-state index in [0.29, 0.717) is 6.10 Å². The molecule has 1 fully saturated rings. The van der Waals surface area contributed by atoms with Crippen molar-refractivity contribution in [3.63, 3.8) is 0 Å².